The van der Waals surface area contributed by atoms with Gasteiger partial charge in [-0.05, 0) is 48.0 Å². The third-order valence-electron chi connectivity index (χ3n) is 4.69. The second-order valence-corrected chi connectivity index (χ2v) is 7.44. The Balaban J connectivity index is 1.98. The highest BCUT2D eigenvalue weighted by atomic mass is 35.5. The maximum atomic E-state index is 12.5. The Morgan fingerprint density at radius 2 is 1.74 bits per heavy atom. The van der Waals surface area contributed by atoms with E-state index in [1.165, 1.54) is 12.1 Å². The number of fused-ring (bicyclic) bond motifs is 1. The number of benzene rings is 2. The second kappa shape index (κ2) is 8.25. The van der Waals surface area contributed by atoms with E-state index in [9.17, 15) is 14.7 Å². The standard InChI is InChI=1S/C21H15Cl2N5O3/c22-13-2-1-3-14(23)17(13)27-21-26-15-10-12(20(30)31)4-5-16(15)28(21)18(19(24)29)11-6-8-25-9-7-11/h1-10,18H,(H2,24,29)(H,26,27)(H,30,31). The largest absolute Gasteiger partial charge is 0.478 e. The van der Waals surface area contributed by atoms with Crippen molar-refractivity contribution < 1.29 is 14.7 Å². The maximum Gasteiger partial charge on any atom is 0.335 e. The molecule has 4 N–H and O–H groups in total. The normalized spacial score (nSPS) is 11.9. The summed E-state index contributed by atoms with van der Waals surface area (Å²) in [6.07, 6.45) is 3.09. The molecule has 1 amide bonds. The molecular formula is C21H15Cl2N5O3. The summed E-state index contributed by atoms with van der Waals surface area (Å²) < 4.78 is 1.58. The van der Waals surface area contributed by atoms with Gasteiger partial charge in [0.15, 0.2) is 0 Å². The summed E-state index contributed by atoms with van der Waals surface area (Å²) in [4.78, 5) is 32.4. The van der Waals surface area contributed by atoms with Crippen molar-refractivity contribution in [2.45, 2.75) is 6.04 Å². The summed E-state index contributed by atoms with van der Waals surface area (Å²) in [7, 11) is 0. The van der Waals surface area contributed by atoms with Gasteiger partial charge in [-0.15, -0.1) is 0 Å². The lowest BCUT2D eigenvalue weighted by Gasteiger charge is -2.20. The number of aromatic carboxylic acids is 1. The van der Waals surface area contributed by atoms with Crippen LogP contribution in [0.5, 0.6) is 0 Å². The lowest BCUT2D eigenvalue weighted by molar-refractivity contribution is -0.119. The smallest absolute Gasteiger partial charge is 0.335 e. The van der Waals surface area contributed by atoms with Gasteiger partial charge in [0.05, 0.1) is 32.3 Å². The zero-order valence-corrected chi connectivity index (χ0v) is 17.3. The number of nitrogens with one attached hydrogen (secondary N) is 1. The average Bonchev–Trinajstić information content (AvgIpc) is 3.08. The summed E-state index contributed by atoms with van der Waals surface area (Å²) in [5, 5.41) is 13.1. The third kappa shape index (κ3) is 3.90. The minimum Gasteiger partial charge on any atom is -0.478 e. The molecule has 0 aliphatic rings. The first-order valence-corrected chi connectivity index (χ1v) is 9.78. The van der Waals surface area contributed by atoms with E-state index in [2.05, 4.69) is 15.3 Å². The fourth-order valence-electron chi connectivity index (χ4n) is 3.30. The fourth-order valence-corrected chi connectivity index (χ4v) is 3.79. The highest BCUT2D eigenvalue weighted by molar-refractivity contribution is 6.39. The van der Waals surface area contributed by atoms with Crippen LogP contribution in [0.4, 0.5) is 11.6 Å². The maximum absolute atomic E-state index is 12.5. The Labute approximate surface area is 186 Å². The molecule has 0 saturated heterocycles. The number of carboxylic acids is 1. The van der Waals surface area contributed by atoms with Crippen LogP contribution in [0, 0.1) is 0 Å². The number of para-hydroxylation sites is 1. The van der Waals surface area contributed by atoms with Crippen molar-refractivity contribution in [1.29, 1.82) is 0 Å². The number of pyridine rings is 1. The van der Waals surface area contributed by atoms with Crippen molar-refractivity contribution in [3.05, 3.63) is 82.1 Å². The van der Waals surface area contributed by atoms with Crippen molar-refractivity contribution in [1.82, 2.24) is 14.5 Å². The lowest BCUT2D eigenvalue weighted by atomic mass is 10.1. The van der Waals surface area contributed by atoms with Gasteiger partial charge in [0.25, 0.3) is 0 Å². The van der Waals surface area contributed by atoms with Gasteiger partial charge in [-0.25, -0.2) is 9.78 Å². The van der Waals surface area contributed by atoms with Crippen molar-refractivity contribution in [2.75, 3.05) is 5.32 Å². The number of aromatic nitrogens is 3. The van der Waals surface area contributed by atoms with Gasteiger partial charge in [0.1, 0.15) is 6.04 Å². The van der Waals surface area contributed by atoms with Crippen molar-refractivity contribution in [3.63, 3.8) is 0 Å². The van der Waals surface area contributed by atoms with Crippen LogP contribution in [0.15, 0.2) is 60.9 Å². The van der Waals surface area contributed by atoms with Crippen LogP contribution in [0.2, 0.25) is 10.0 Å². The molecule has 0 aliphatic carbocycles. The first-order chi connectivity index (χ1) is 14.9. The zero-order valence-electron chi connectivity index (χ0n) is 15.8. The number of hydrogen-bond donors (Lipinski definition) is 3. The molecule has 1 unspecified atom stereocenters. The van der Waals surface area contributed by atoms with Gasteiger partial charge < -0.3 is 16.2 Å². The van der Waals surface area contributed by atoms with Gasteiger partial charge in [0.2, 0.25) is 11.9 Å². The SMILES string of the molecule is NC(=O)C(c1ccncc1)n1c(Nc2c(Cl)cccc2Cl)nc2cc(C(=O)O)ccc21. The number of carboxylic acid groups (broad SMARTS) is 1. The molecule has 0 spiro atoms. The monoisotopic (exact) mass is 455 g/mol. The van der Waals surface area contributed by atoms with E-state index in [1.807, 2.05) is 0 Å². The summed E-state index contributed by atoms with van der Waals surface area (Å²) >= 11 is 12.6. The molecule has 1 atom stereocenters. The average molecular weight is 456 g/mol. The lowest BCUT2D eigenvalue weighted by Crippen LogP contribution is -2.28. The van der Waals surface area contributed by atoms with Gasteiger partial charge in [-0.1, -0.05) is 29.3 Å². The molecule has 31 heavy (non-hydrogen) atoms. The molecular weight excluding hydrogens is 441 g/mol. The number of halogens is 2. The molecule has 4 rings (SSSR count). The predicted molar refractivity (Wildman–Crippen MR) is 118 cm³/mol. The number of hydrogen-bond acceptors (Lipinski definition) is 5. The molecule has 2 aromatic carbocycles. The fraction of sp³-hybridized carbons (Fsp3) is 0.0476. The van der Waals surface area contributed by atoms with Gasteiger partial charge in [0, 0.05) is 12.4 Å². The van der Waals surface area contributed by atoms with Gasteiger partial charge in [-0.2, -0.15) is 0 Å². The number of nitrogens with two attached hydrogens (primary N) is 1. The molecule has 0 radical (unpaired) electrons. The minimum absolute atomic E-state index is 0.0546. The summed E-state index contributed by atoms with van der Waals surface area (Å²) in [5.74, 6) is -1.52. The molecule has 2 aromatic heterocycles. The molecule has 0 fully saturated rings. The van der Waals surface area contributed by atoms with E-state index < -0.39 is 17.9 Å². The van der Waals surface area contributed by atoms with Crippen molar-refractivity contribution in [2.24, 2.45) is 5.73 Å². The molecule has 156 valence electrons. The molecule has 0 aliphatic heterocycles. The highest BCUT2D eigenvalue weighted by Crippen LogP contribution is 2.36. The Morgan fingerprint density at radius 1 is 1.06 bits per heavy atom. The number of carbonyl (C=O) groups excluding carboxylic acids is 1. The number of primary amides is 1. The van der Waals surface area contributed by atoms with Crippen molar-refractivity contribution in [3.8, 4) is 0 Å². The van der Waals surface area contributed by atoms with E-state index in [-0.39, 0.29) is 11.5 Å². The van der Waals surface area contributed by atoms with Crippen LogP contribution in [0.1, 0.15) is 22.0 Å². The Bertz CT molecular complexity index is 1290. The number of imidazole rings is 1. The summed E-state index contributed by atoms with van der Waals surface area (Å²) in [6.45, 7) is 0. The van der Waals surface area contributed by atoms with Crippen LogP contribution in [-0.2, 0) is 4.79 Å². The highest BCUT2D eigenvalue weighted by Gasteiger charge is 2.27. The Hall–Kier alpha value is -3.62. The first-order valence-electron chi connectivity index (χ1n) is 9.02. The molecule has 2 heterocycles. The van der Waals surface area contributed by atoms with E-state index in [0.717, 1.165) is 0 Å². The molecule has 8 nitrogen and oxygen atoms in total. The van der Waals surface area contributed by atoms with Crippen molar-refractivity contribution >= 4 is 57.7 Å². The predicted octanol–water partition coefficient (Wildman–Crippen LogP) is 4.25. The number of carbonyl (C=O) groups is 2. The van der Waals surface area contributed by atoms with Crippen LogP contribution in [-0.4, -0.2) is 31.5 Å². The first kappa shape index (κ1) is 20.6. The van der Waals surface area contributed by atoms with Gasteiger partial charge >= 0.3 is 5.97 Å². The molecule has 0 bridgehead atoms. The molecule has 4 aromatic rings. The minimum atomic E-state index is -1.10. The number of nitrogens with zero attached hydrogens (tertiary/aromatic N) is 3. The van der Waals surface area contributed by atoms with Crippen LogP contribution >= 0.6 is 23.2 Å². The quantitative estimate of drug-likeness (QED) is 0.399. The number of amides is 1. The number of rotatable bonds is 6. The Kier molecular flexibility index (Phi) is 5.50. The molecule has 0 saturated carbocycles. The van der Waals surface area contributed by atoms with E-state index >= 15 is 0 Å². The van der Waals surface area contributed by atoms with Gasteiger partial charge in [-0.3, -0.25) is 14.3 Å². The summed E-state index contributed by atoms with van der Waals surface area (Å²) in [5.41, 5.74) is 7.64. The van der Waals surface area contributed by atoms with E-state index in [1.54, 1.807) is 53.4 Å². The van der Waals surface area contributed by atoms with Crippen LogP contribution < -0.4 is 11.1 Å². The molecule has 10 heteroatoms. The topological polar surface area (TPSA) is 123 Å². The van der Waals surface area contributed by atoms with E-state index in [0.29, 0.717) is 32.3 Å². The summed E-state index contributed by atoms with van der Waals surface area (Å²) in [6, 6.07) is 11.8. The zero-order chi connectivity index (χ0) is 22.1. The third-order valence-corrected chi connectivity index (χ3v) is 5.32. The van der Waals surface area contributed by atoms with E-state index in [4.69, 9.17) is 28.9 Å². The number of anilines is 2. The Morgan fingerprint density at radius 3 is 2.35 bits per heavy atom. The van der Waals surface area contributed by atoms with Crippen LogP contribution in [0.3, 0.4) is 0 Å². The second-order valence-electron chi connectivity index (χ2n) is 6.62. The van der Waals surface area contributed by atoms with Crippen LogP contribution in [0.25, 0.3) is 11.0 Å².